The standard InChI is InChI=1S/C17H15NO4/c1-21-18-16(19)12-7-8-14-13(9-12)10-15(22-17(14)20)11-5-3-2-4-6-11/h2-9,15H,10H2,1H3,(H,18,19)/t15-/m1/s1. The molecule has 5 heteroatoms. The number of amides is 1. The second-order valence-corrected chi connectivity index (χ2v) is 5.02. The molecule has 1 aliphatic rings. The third kappa shape index (κ3) is 2.71. The molecule has 1 N–H and O–H groups in total. The van der Waals surface area contributed by atoms with Gasteiger partial charge in [-0.3, -0.25) is 9.63 Å². The average molecular weight is 297 g/mol. The van der Waals surface area contributed by atoms with Crippen molar-refractivity contribution < 1.29 is 19.2 Å². The maximum Gasteiger partial charge on any atom is 0.339 e. The molecule has 112 valence electrons. The van der Waals surface area contributed by atoms with Gasteiger partial charge in [-0.15, -0.1) is 0 Å². The van der Waals surface area contributed by atoms with Crippen molar-refractivity contribution in [3.8, 4) is 0 Å². The van der Waals surface area contributed by atoms with Gasteiger partial charge >= 0.3 is 5.97 Å². The minimum atomic E-state index is -0.367. The van der Waals surface area contributed by atoms with Gasteiger partial charge in [0, 0.05) is 12.0 Å². The molecule has 22 heavy (non-hydrogen) atoms. The second-order valence-electron chi connectivity index (χ2n) is 5.02. The molecule has 2 aromatic carbocycles. The molecule has 0 fully saturated rings. The summed E-state index contributed by atoms with van der Waals surface area (Å²) in [5.41, 5.74) is 4.95. The van der Waals surface area contributed by atoms with E-state index in [-0.39, 0.29) is 18.0 Å². The van der Waals surface area contributed by atoms with E-state index in [1.54, 1.807) is 18.2 Å². The van der Waals surface area contributed by atoms with E-state index in [2.05, 4.69) is 10.3 Å². The van der Waals surface area contributed by atoms with Crippen LogP contribution in [0.25, 0.3) is 0 Å². The molecule has 1 heterocycles. The zero-order valence-electron chi connectivity index (χ0n) is 12.0. The smallest absolute Gasteiger partial charge is 0.339 e. The van der Waals surface area contributed by atoms with Crippen LogP contribution in [-0.2, 0) is 16.0 Å². The molecule has 0 bridgehead atoms. The lowest BCUT2D eigenvalue weighted by Gasteiger charge is -2.25. The highest BCUT2D eigenvalue weighted by molar-refractivity contribution is 5.97. The Morgan fingerprint density at radius 1 is 1.23 bits per heavy atom. The van der Waals surface area contributed by atoms with Crippen molar-refractivity contribution in [3.05, 3.63) is 70.8 Å². The highest BCUT2D eigenvalue weighted by atomic mass is 16.6. The number of rotatable bonds is 3. The van der Waals surface area contributed by atoms with Crippen molar-refractivity contribution >= 4 is 11.9 Å². The minimum absolute atomic E-state index is 0.332. The quantitative estimate of drug-likeness (QED) is 0.698. The number of ether oxygens (including phenoxy) is 1. The first kappa shape index (κ1) is 14.3. The number of carbonyl (C=O) groups is 2. The molecule has 0 saturated heterocycles. The molecule has 0 unspecified atom stereocenters. The summed E-state index contributed by atoms with van der Waals surface area (Å²) in [5.74, 6) is -0.714. The summed E-state index contributed by atoms with van der Waals surface area (Å²) in [7, 11) is 1.37. The second kappa shape index (κ2) is 5.99. The predicted octanol–water partition coefficient (Wildman–Crippen LogP) is 2.43. The van der Waals surface area contributed by atoms with Crippen LogP contribution in [0.4, 0.5) is 0 Å². The first-order valence-electron chi connectivity index (χ1n) is 6.91. The van der Waals surface area contributed by atoms with Crippen molar-refractivity contribution in [2.75, 3.05) is 7.11 Å². The topological polar surface area (TPSA) is 64.6 Å². The van der Waals surface area contributed by atoms with Crippen LogP contribution in [0.5, 0.6) is 0 Å². The van der Waals surface area contributed by atoms with Gasteiger partial charge < -0.3 is 4.74 Å². The molecular formula is C17H15NO4. The fraction of sp³-hybridized carbons (Fsp3) is 0.176. The Morgan fingerprint density at radius 3 is 2.73 bits per heavy atom. The van der Waals surface area contributed by atoms with E-state index in [1.807, 2.05) is 30.3 Å². The molecule has 3 rings (SSSR count). The lowest BCUT2D eigenvalue weighted by Crippen LogP contribution is -2.25. The van der Waals surface area contributed by atoms with Crippen LogP contribution in [0.15, 0.2) is 48.5 Å². The number of carbonyl (C=O) groups excluding carboxylic acids is 2. The number of hydrogen-bond acceptors (Lipinski definition) is 4. The van der Waals surface area contributed by atoms with Gasteiger partial charge in [0.2, 0.25) is 0 Å². The number of cyclic esters (lactones) is 1. The normalized spacial score (nSPS) is 16.6. The maximum absolute atomic E-state index is 12.1. The molecule has 0 aromatic heterocycles. The zero-order chi connectivity index (χ0) is 15.5. The van der Waals surface area contributed by atoms with Crippen LogP contribution in [0.1, 0.15) is 37.9 Å². The van der Waals surface area contributed by atoms with Crippen molar-refractivity contribution in [1.29, 1.82) is 0 Å². The third-order valence-corrected chi connectivity index (χ3v) is 3.61. The number of hydrogen-bond donors (Lipinski definition) is 1. The Balaban J connectivity index is 1.92. The van der Waals surface area contributed by atoms with Crippen LogP contribution in [0.2, 0.25) is 0 Å². The van der Waals surface area contributed by atoms with E-state index in [9.17, 15) is 9.59 Å². The van der Waals surface area contributed by atoms with E-state index >= 15 is 0 Å². The molecule has 1 atom stereocenters. The minimum Gasteiger partial charge on any atom is -0.454 e. The van der Waals surface area contributed by atoms with Gasteiger partial charge in [0.05, 0.1) is 12.7 Å². The number of hydroxylamine groups is 1. The van der Waals surface area contributed by atoms with E-state index in [1.165, 1.54) is 7.11 Å². The molecule has 0 aliphatic carbocycles. The van der Waals surface area contributed by atoms with Crippen molar-refractivity contribution in [1.82, 2.24) is 5.48 Å². The fourth-order valence-electron chi connectivity index (χ4n) is 2.54. The van der Waals surface area contributed by atoms with Crippen molar-refractivity contribution in [2.45, 2.75) is 12.5 Å². The van der Waals surface area contributed by atoms with Crippen LogP contribution >= 0.6 is 0 Å². The van der Waals surface area contributed by atoms with Gasteiger partial charge in [0.15, 0.2) is 0 Å². The Bertz CT molecular complexity index is 712. The summed E-state index contributed by atoms with van der Waals surface area (Å²) in [4.78, 5) is 28.6. The monoisotopic (exact) mass is 297 g/mol. The SMILES string of the molecule is CONC(=O)c1ccc2c(c1)C[C@H](c1ccccc1)OC2=O. The fourth-order valence-corrected chi connectivity index (χ4v) is 2.54. The average Bonchev–Trinajstić information content (AvgIpc) is 2.55. The number of esters is 1. The van der Waals surface area contributed by atoms with E-state index in [4.69, 9.17) is 4.74 Å². The first-order valence-corrected chi connectivity index (χ1v) is 6.91. The summed E-state index contributed by atoms with van der Waals surface area (Å²) in [6.45, 7) is 0. The van der Waals surface area contributed by atoms with Gasteiger partial charge in [-0.1, -0.05) is 30.3 Å². The molecule has 2 aromatic rings. The van der Waals surface area contributed by atoms with E-state index in [0.717, 1.165) is 11.1 Å². The summed E-state index contributed by atoms with van der Waals surface area (Å²) in [5, 5.41) is 0. The number of fused-ring (bicyclic) bond motifs is 1. The number of nitrogens with one attached hydrogen (secondary N) is 1. The Hall–Kier alpha value is -2.66. The zero-order valence-corrected chi connectivity index (χ0v) is 12.0. The molecule has 5 nitrogen and oxygen atoms in total. The van der Waals surface area contributed by atoms with Crippen LogP contribution in [-0.4, -0.2) is 19.0 Å². The molecule has 1 amide bonds. The third-order valence-electron chi connectivity index (χ3n) is 3.61. The Labute approximate surface area is 127 Å². The van der Waals surface area contributed by atoms with Crippen LogP contribution in [0.3, 0.4) is 0 Å². The first-order chi connectivity index (χ1) is 10.7. The molecule has 0 radical (unpaired) electrons. The Morgan fingerprint density at radius 2 is 2.00 bits per heavy atom. The van der Waals surface area contributed by atoms with Gasteiger partial charge in [0.25, 0.3) is 5.91 Å². The molecular weight excluding hydrogens is 282 g/mol. The molecule has 0 saturated carbocycles. The summed E-state index contributed by atoms with van der Waals surface area (Å²) in [6.07, 6.45) is 0.209. The predicted molar refractivity (Wildman–Crippen MR) is 79.2 cm³/mol. The lowest BCUT2D eigenvalue weighted by atomic mass is 9.93. The summed E-state index contributed by atoms with van der Waals surface area (Å²) >= 11 is 0. The maximum atomic E-state index is 12.1. The van der Waals surface area contributed by atoms with Crippen molar-refractivity contribution in [3.63, 3.8) is 0 Å². The lowest BCUT2D eigenvalue weighted by molar-refractivity contribution is 0.0252. The van der Waals surface area contributed by atoms with E-state index < -0.39 is 0 Å². The summed E-state index contributed by atoms with van der Waals surface area (Å²) < 4.78 is 5.48. The molecule has 0 spiro atoms. The number of benzene rings is 2. The summed E-state index contributed by atoms with van der Waals surface area (Å²) in [6, 6.07) is 14.5. The van der Waals surface area contributed by atoms with Gasteiger partial charge in [-0.25, -0.2) is 10.3 Å². The van der Waals surface area contributed by atoms with Gasteiger partial charge in [-0.05, 0) is 29.3 Å². The highest BCUT2D eigenvalue weighted by Crippen LogP contribution is 2.30. The van der Waals surface area contributed by atoms with Crippen LogP contribution in [0, 0.1) is 0 Å². The highest BCUT2D eigenvalue weighted by Gasteiger charge is 2.28. The van der Waals surface area contributed by atoms with E-state index in [0.29, 0.717) is 17.5 Å². The largest absolute Gasteiger partial charge is 0.454 e. The van der Waals surface area contributed by atoms with Crippen LogP contribution < -0.4 is 5.48 Å². The van der Waals surface area contributed by atoms with Crippen molar-refractivity contribution in [2.24, 2.45) is 0 Å². The van der Waals surface area contributed by atoms with Gasteiger partial charge in [-0.2, -0.15) is 0 Å². The van der Waals surface area contributed by atoms with Gasteiger partial charge in [0.1, 0.15) is 6.10 Å². The Kier molecular flexibility index (Phi) is 3.89. The molecule has 1 aliphatic heterocycles.